The molecule has 0 atom stereocenters. The molecule has 12 heavy (non-hydrogen) atoms. The van der Waals surface area contributed by atoms with Crippen LogP contribution < -0.4 is 5.73 Å². The van der Waals surface area contributed by atoms with Gasteiger partial charge in [-0.1, -0.05) is 6.07 Å². The van der Waals surface area contributed by atoms with Gasteiger partial charge in [-0.25, -0.2) is 4.39 Å². The van der Waals surface area contributed by atoms with Crippen LogP contribution in [0.5, 0.6) is 0 Å². The number of nitrogens with two attached hydrogens (primary N) is 1. The second-order valence-corrected chi connectivity index (χ2v) is 2.47. The summed E-state index contributed by atoms with van der Waals surface area (Å²) < 4.78 is 12.1. The summed E-state index contributed by atoms with van der Waals surface area (Å²) in [6.45, 7) is 0.243. The summed E-state index contributed by atoms with van der Waals surface area (Å²) >= 11 is 0. The lowest BCUT2D eigenvalue weighted by molar-refractivity contribution is 0.698. The van der Waals surface area contributed by atoms with Crippen LogP contribution in [0, 0.1) is 0 Å². The van der Waals surface area contributed by atoms with E-state index in [1.165, 1.54) is 0 Å². The lowest BCUT2D eigenvalue weighted by Gasteiger charge is -2.00. The van der Waals surface area contributed by atoms with Gasteiger partial charge in [0.2, 0.25) is 0 Å². The third kappa shape index (κ3) is 2.43. The van der Waals surface area contributed by atoms with Crippen LogP contribution >= 0.6 is 0 Å². The average Bonchev–Trinajstić information content (AvgIpc) is 2.16. The van der Waals surface area contributed by atoms with E-state index >= 15 is 0 Å². The van der Waals surface area contributed by atoms with Crippen molar-refractivity contribution in [1.82, 2.24) is 4.98 Å². The third-order valence-corrected chi connectivity index (χ3v) is 1.55. The van der Waals surface area contributed by atoms with Crippen molar-refractivity contribution in [2.75, 3.05) is 6.54 Å². The van der Waals surface area contributed by atoms with E-state index in [4.69, 9.17) is 5.73 Å². The molecular formula is C9H11FN2. The fourth-order valence-electron chi connectivity index (χ4n) is 0.891. The van der Waals surface area contributed by atoms with Crippen LogP contribution in [0.3, 0.4) is 0 Å². The minimum absolute atomic E-state index is 0.243. The van der Waals surface area contributed by atoms with E-state index in [1.807, 2.05) is 18.2 Å². The molecule has 0 saturated carbocycles. The molecule has 1 heterocycles. The Morgan fingerprint density at radius 1 is 1.58 bits per heavy atom. The van der Waals surface area contributed by atoms with Gasteiger partial charge in [0.1, 0.15) is 0 Å². The minimum Gasteiger partial charge on any atom is -0.327 e. The highest BCUT2D eigenvalue weighted by Crippen LogP contribution is 2.03. The number of halogens is 1. The molecule has 0 aliphatic heterocycles. The number of nitrogens with zero attached hydrogens (tertiary/aromatic N) is 1. The maximum atomic E-state index is 12.1. The van der Waals surface area contributed by atoms with E-state index in [1.54, 1.807) is 6.20 Å². The summed E-state index contributed by atoms with van der Waals surface area (Å²) in [5.74, 6) is 0. The third-order valence-electron chi connectivity index (χ3n) is 1.55. The van der Waals surface area contributed by atoms with Crippen LogP contribution in [0.25, 0.3) is 0 Å². The van der Waals surface area contributed by atoms with Crippen molar-refractivity contribution in [1.29, 1.82) is 0 Å². The second kappa shape index (κ2) is 4.62. The largest absolute Gasteiger partial charge is 0.327 e. The molecule has 0 spiro atoms. The molecule has 1 aromatic heterocycles. The van der Waals surface area contributed by atoms with Gasteiger partial charge in [0.05, 0.1) is 6.33 Å². The highest BCUT2D eigenvalue weighted by atomic mass is 19.1. The molecule has 0 aromatic carbocycles. The fourth-order valence-corrected chi connectivity index (χ4v) is 0.891. The maximum absolute atomic E-state index is 12.1. The number of rotatable bonds is 3. The molecule has 2 nitrogen and oxygen atoms in total. The van der Waals surface area contributed by atoms with Crippen LogP contribution in [0.4, 0.5) is 4.39 Å². The molecule has 0 aliphatic rings. The molecule has 2 N–H and O–H groups in total. The van der Waals surface area contributed by atoms with Gasteiger partial charge in [0, 0.05) is 24.9 Å². The quantitative estimate of drug-likeness (QED) is 0.737. The van der Waals surface area contributed by atoms with Gasteiger partial charge in [-0.05, 0) is 17.7 Å². The summed E-state index contributed by atoms with van der Waals surface area (Å²) in [4.78, 5) is 4.05. The van der Waals surface area contributed by atoms with Gasteiger partial charge in [0.15, 0.2) is 0 Å². The molecule has 0 unspecified atom stereocenters. The van der Waals surface area contributed by atoms with Crippen LogP contribution in [-0.4, -0.2) is 11.5 Å². The predicted octanol–water partition coefficient (Wildman–Crippen LogP) is 1.44. The van der Waals surface area contributed by atoms with Crippen LogP contribution in [0.1, 0.15) is 5.69 Å². The number of hydrogen-bond donors (Lipinski definition) is 1. The topological polar surface area (TPSA) is 38.9 Å². The molecule has 64 valence electrons. The van der Waals surface area contributed by atoms with Gasteiger partial charge >= 0.3 is 0 Å². The lowest BCUT2D eigenvalue weighted by Crippen LogP contribution is -2.05. The Kier molecular flexibility index (Phi) is 3.41. The predicted molar refractivity (Wildman–Crippen MR) is 46.2 cm³/mol. The fraction of sp³-hybridized carbons (Fsp3) is 0.222. The van der Waals surface area contributed by atoms with Crippen LogP contribution in [0.15, 0.2) is 36.3 Å². The molecule has 0 bridgehead atoms. The van der Waals surface area contributed by atoms with Crippen LogP contribution in [0.2, 0.25) is 0 Å². The van der Waals surface area contributed by atoms with Gasteiger partial charge < -0.3 is 5.73 Å². The summed E-state index contributed by atoms with van der Waals surface area (Å²) in [5, 5.41) is 0. The van der Waals surface area contributed by atoms with Crippen LogP contribution in [-0.2, 0) is 6.42 Å². The molecule has 0 fully saturated rings. The summed E-state index contributed by atoms with van der Waals surface area (Å²) in [6.07, 6.45) is 2.73. The van der Waals surface area contributed by atoms with Gasteiger partial charge in [-0.15, -0.1) is 0 Å². The molecule has 0 radical (unpaired) electrons. The standard InChI is InChI=1S/C9H11FN2/c10-6-8(7-11)5-9-3-1-2-4-12-9/h1-4,6H,5,7,11H2. The summed E-state index contributed by atoms with van der Waals surface area (Å²) in [7, 11) is 0. The van der Waals surface area contributed by atoms with E-state index in [0.29, 0.717) is 18.3 Å². The molecular weight excluding hydrogens is 155 g/mol. The van der Waals surface area contributed by atoms with Gasteiger partial charge in [-0.2, -0.15) is 0 Å². The average molecular weight is 166 g/mol. The molecule has 1 rings (SSSR count). The lowest BCUT2D eigenvalue weighted by atomic mass is 10.1. The highest BCUT2D eigenvalue weighted by Gasteiger charge is 1.97. The number of pyridine rings is 1. The Morgan fingerprint density at radius 3 is 2.92 bits per heavy atom. The van der Waals surface area contributed by atoms with Crippen molar-refractivity contribution < 1.29 is 4.39 Å². The summed E-state index contributed by atoms with van der Waals surface area (Å²) in [5.41, 5.74) is 6.70. The molecule has 3 heteroatoms. The Morgan fingerprint density at radius 2 is 2.42 bits per heavy atom. The van der Waals surface area contributed by atoms with Crippen molar-refractivity contribution in [2.45, 2.75) is 6.42 Å². The minimum atomic E-state index is 0.243. The summed E-state index contributed by atoms with van der Waals surface area (Å²) in [6, 6.07) is 5.54. The zero-order chi connectivity index (χ0) is 8.81. The second-order valence-electron chi connectivity index (χ2n) is 2.47. The van der Waals surface area contributed by atoms with Gasteiger partial charge in [-0.3, -0.25) is 4.98 Å². The highest BCUT2D eigenvalue weighted by molar-refractivity contribution is 5.14. The van der Waals surface area contributed by atoms with Crippen molar-refractivity contribution in [3.63, 3.8) is 0 Å². The zero-order valence-electron chi connectivity index (χ0n) is 6.70. The first-order chi connectivity index (χ1) is 5.86. The van der Waals surface area contributed by atoms with E-state index in [-0.39, 0.29) is 6.54 Å². The van der Waals surface area contributed by atoms with Crippen molar-refractivity contribution in [3.05, 3.63) is 42.0 Å². The Bertz CT molecular complexity index is 256. The van der Waals surface area contributed by atoms with Crippen molar-refractivity contribution in [3.8, 4) is 0 Å². The SMILES string of the molecule is NCC(=CF)Cc1ccccn1. The normalized spacial score (nSPS) is 11.7. The van der Waals surface area contributed by atoms with Gasteiger partial charge in [0.25, 0.3) is 0 Å². The zero-order valence-corrected chi connectivity index (χ0v) is 6.70. The Hall–Kier alpha value is -1.22. The molecule has 0 saturated heterocycles. The first kappa shape index (κ1) is 8.87. The molecule has 1 aromatic rings. The van der Waals surface area contributed by atoms with E-state index < -0.39 is 0 Å². The smallest absolute Gasteiger partial charge is 0.0875 e. The number of aromatic nitrogens is 1. The maximum Gasteiger partial charge on any atom is 0.0875 e. The van der Waals surface area contributed by atoms with Crippen molar-refractivity contribution in [2.24, 2.45) is 5.73 Å². The van der Waals surface area contributed by atoms with E-state index in [9.17, 15) is 4.39 Å². The first-order valence-electron chi connectivity index (χ1n) is 3.75. The first-order valence-corrected chi connectivity index (χ1v) is 3.75. The Balaban J connectivity index is 2.64. The molecule has 0 amide bonds. The Labute approximate surface area is 70.9 Å². The monoisotopic (exact) mass is 166 g/mol. The van der Waals surface area contributed by atoms with E-state index in [2.05, 4.69) is 4.98 Å². The van der Waals surface area contributed by atoms with E-state index in [0.717, 1.165) is 5.69 Å². The molecule has 0 aliphatic carbocycles. The number of hydrogen-bond acceptors (Lipinski definition) is 2. The van der Waals surface area contributed by atoms with Crippen molar-refractivity contribution >= 4 is 0 Å².